The summed E-state index contributed by atoms with van der Waals surface area (Å²) in [7, 11) is 10.3. The van der Waals surface area contributed by atoms with Crippen LogP contribution in [0.4, 0.5) is 11.4 Å². The van der Waals surface area contributed by atoms with Gasteiger partial charge in [-0.2, -0.15) is 0 Å². The Labute approximate surface area is 208 Å². The van der Waals surface area contributed by atoms with Crippen molar-refractivity contribution >= 4 is 28.8 Å². The van der Waals surface area contributed by atoms with Crippen LogP contribution in [0.3, 0.4) is 0 Å². The Morgan fingerprint density at radius 2 is 1.61 bits per heavy atom. The third-order valence-electron chi connectivity index (χ3n) is 7.64. The number of nitrogens with zero attached hydrogens (tertiary/aromatic N) is 3. The molecule has 4 rings (SSSR count). The number of rotatable bonds is 4. The van der Waals surface area contributed by atoms with Gasteiger partial charge in [-0.15, -0.1) is 0 Å². The fourth-order valence-electron chi connectivity index (χ4n) is 6.02. The van der Waals surface area contributed by atoms with E-state index in [2.05, 4.69) is 0 Å². The van der Waals surface area contributed by atoms with Crippen molar-refractivity contribution in [3.05, 3.63) is 39.9 Å². The van der Waals surface area contributed by atoms with Crippen molar-refractivity contribution in [2.24, 2.45) is 17.6 Å². The van der Waals surface area contributed by atoms with E-state index in [0.717, 1.165) is 0 Å². The topological polar surface area (TPSA) is 168 Å². The second kappa shape index (κ2) is 8.24. The lowest BCUT2D eigenvalue weighted by Gasteiger charge is -2.50. The van der Waals surface area contributed by atoms with E-state index in [1.807, 2.05) is 19.0 Å². The van der Waals surface area contributed by atoms with Crippen LogP contribution in [0.25, 0.3) is 0 Å². The van der Waals surface area contributed by atoms with Gasteiger partial charge in [0.2, 0.25) is 5.78 Å². The molecule has 0 saturated carbocycles. The molecule has 4 atom stereocenters. The Hall–Kier alpha value is -3.57. The van der Waals surface area contributed by atoms with Crippen LogP contribution in [0, 0.1) is 11.8 Å². The number of phenols is 1. The van der Waals surface area contributed by atoms with Crippen molar-refractivity contribution < 1.29 is 34.8 Å². The van der Waals surface area contributed by atoms with Gasteiger partial charge in [0.05, 0.1) is 17.3 Å². The summed E-state index contributed by atoms with van der Waals surface area (Å²) >= 11 is 0. The van der Waals surface area contributed by atoms with Gasteiger partial charge in [0, 0.05) is 45.4 Å². The van der Waals surface area contributed by atoms with Gasteiger partial charge in [-0.05, 0) is 44.5 Å². The first kappa shape index (κ1) is 25.5. The third kappa shape index (κ3) is 3.22. The molecule has 0 saturated heterocycles. The molecule has 11 heteroatoms. The molecule has 0 spiro atoms. The zero-order valence-electron chi connectivity index (χ0n) is 21.2. The van der Waals surface area contributed by atoms with Gasteiger partial charge >= 0.3 is 0 Å². The van der Waals surface area contributed by atoms with Crippen LogP contribution in [0.2, 0.25) is 0 Å². The molecule has 0 radical (unpaired) electrons. The Balaban J connectivity index is 2.00. The molecule has 2 unspecified atom stereocenters. The van der Waals surface area contributed by atoms with Crippen molar-refractivity contribution in [2.75, 3.05) is 52.1 Å². The number of hydrogen-bond donors (Lipinski definition) is 5. The molecule has 3 aliphatic rings. The molecule has 1 amide bonds. The maximum atomic E-state index is 13.8. The predicted octanol–water partition coefficient (Wildman–Crippen LogP) is 0.253. The number of aromatic hydroxyl groups is 1. The standard InChI is InChI=1S/C25H32N4O7/c1-27(2)13-9-14(28(3)4)19(30)16-11(13)7-10-8-12-18(29(5)6)21(32)17(24(26)35)23(34)25(12,36)22(33)15(10)20(16)31/h9-10,12,18,30,32-33,36H,7-8H2,1-6H3,(H2,26,35)/t10?,12?,18-,25-/m0/s1. The van der Waals surface area contributed by atoms with Gasteiger partial charge in [-0.25, -0.2) is 0 Å². The highest BCUT2D eigenvalue weighted by molar-refractivity contribution is 6.25. The SMILES string of the molecule is CN(C)c1cc(N(C)C)c2c(c1O)C(=O)C1=C(O)[C@]3(O)C(=O)C(C(N)=O)=C(O)[C@@H](N(C)C)C3CC1C2. The highest BCUT2D eigenvalue weighted by Crippen LogP contribution is 2.54. The van der Waals surface area contributed by atoms with Gasteiger partial charge < -0.3 is 36.0 Å². The summed E-state index contributed by atoms with van der Waals surface area (Å²) in [4.78, 5) is 44.3. The minimum absolute atomic E-state index is 0.00863. The minimum Gasteiger partial charge on any atom is -0.510 e. The summed E-state index contributed by atoms with van der Waals surface area (Å²) in [6.07, 6.45) is 0.290. The summed E-state index contributed by atoms with van der Waals surface area (Å²) in [5.41, 5.74) is 3.38. The average Bonchev–Trinajstić information content (AvgIpc) is 2.75. The van der Waals surface area contributed by atoms with Crippen molar-refractivity contribution in [3.63, 3.8) is 0 Å². The zero-order valence-corrected chi connectivity index (χ0v) is 21.2. The van der Waals surface area contributed by atoms with E-state index in [0.29, 0.717) is 16.9 Å². The Morgan fingerprint density at radius 3 is 2.11 bits per heavy atom. The molecule has 194 valence electrons. The van der Waals surface area contributed by atoms with E-state index in [1.54, 1.807) is 39.2 Å². The molecule has 1 aromatic carbocycles. The second-order valence-corrected chi connectivity index (χ2v) is 10.4. The first-order valence-corrected chi connectivity index (χ1v) is 11.5. The smallest absolute Gasteiger partial charge is 0.255 e. The van der Waals surface area contributed by atoms with Gasteiger partial charge in [0.15, 0.2) is 11.4 Å². The number of benzene rings is 1. The number of primary amides is 1. The van der Waals surface area contributed by atoms with Crippen LogP contribution in [-0.2, 0) is 16.0 Å². The molecule has 6 N–H and O–H groups in total. The second-order valence-electron chi connectivity index (χ2n) is 10.4. The molecule has 0 fully saturated rings. The fourth-order valence-corrected chi connectivity index (χ4v) is 6.02. The Morgan fingerprint density at radius 1 is 1.03 bits per heavy atom. The van der Waals surface area contributed by atoms with Crippen molar-refractivity contribution in [3.8, 4) is 5.75 Å². The first-order valence-electron chi connectivity index (χ1n) is 11.5. The number of Topliss-reactive ketones (excluding diaryl/α,β-unsaturated/α-hetero) is 2. The summed E-state index contributed by atoms with van der Waals surface area (Å²) in [6, 6.07) is 0.753. The number of aliphatic hydroxyl groups excluding tert-OH is 2. The molecule has 1 aromatic rings. The lowest BCUT2D eigenvalue weighted by atomic mass is 9.58. The number of hydrogen-bond acceptors (Lipinski definition) is 10. The number of allylic oxidation sites excluding steroid dienone is 1. The molecule has 3 aliphatic carbocycles. The van der Waals surface area contributed by atoms with Gasteiger partial charge in [0.25, 0.3) is 5.91 Å². The van der Waals surface area contributed by atoms with E-state index in [4.69, 9.17) is 5.73 Å². The van der Waals surface area contributed by atoms with Crippen molar-refractivity contribution in [1.82, 2.24) is 4.90 Å². The molecule has 0 aromatic heterocycles. The number of carbonyl (C=O) groups excluding carboxylic acids is 3. The Kier molecular flexibility index (Phi) is 5.84. The number of phenolic OH excluding ortho intramolecular Hbond substituents is 1. The number of nitrogens with two attached hydrogens (primary N) is 1. The number of aliphatic hydroxyl groups is 3. The van der Waals surface area contributed by atoms with Gasteiger partial charge in [0.1, 0.15) is 22.8 Å². The van der Waals surface area contributed by atoms with Crippen molar-refractivity contribution in [2.45, 2.75) is 24.5 Å². The highest BCUT2D eigenvalue weighted by Gasteiger charge is 2.63. The quantitative estimate of drug-likeness (QED) is 0.362. The molecule has 11 nitrogen and oxygen atoms in total. The fraction of sp³-hybridized carbons (Fsp3) is 0.480. The minimum atomic E-state index is -2.65. The number of likely N-dealkylation sites (N-methyl/N-ethyl adjacent to an activating group) is 1. The average molecular weight is 501 g/mol. The third-order valence-corrected chi connectivity index (χ3v) is 7.64. The molecule has 0 aliphatic heterocycles. The van der Waals surface area contributed by atoms with E-state index in [9.17, 15) is 34.8 Å². The molecular formula is C25H32N4O7. The highest BCUT2D eigenvalue weighted by atomic mass is 16.3. The summed E-state index contributed by atoms with van der Waals surface area (Å²) < 4.78 is 0. The van der Waals surface area contributed by atoms with Gasteiger partial charge in [-0.1, -0.05) is 0 Å². The maximum absolute atomic E-state index is 13.8. The van der Waals surface area contributed by atoms with E-state index in [-0.39, 0.29) is 29.7 Å². The summed E-state index contributed by atoms with van der Waals surface area (Å²) in [6.45, 7) is 0. The normalized spacial score (nSPS) is 27.6. The number of amides is 1. The monoisotopic (exact) mass is 500 g/mol. The number of ketones is 2. The van der Waals surface area contributed by atoms with Crippen LogP contribution in [0.15, 0.2) is 28.7 Å². The largest absolute Gasteiger partial charge is 0.510 e. The van der Waals surface area contributed by atoms with E-state index < -0.39 is 58.0 Å². The van der Waals surface area contributed by atoms with Gasteiger partial charge in [-0.3, -0.25) is 19.3 Å². The zero-order chi connectivity index (χ0) is 27.0. The maximum Gasteiger partial charge on any atom is 0.255 e. The lowest BCUT2D eigenvalue weighted by molar-refractivity contribution is -0.148. The summed E-state index contributed by atoms with van der Waals surface area (Å²) in [5.74, 6) is -6.60. The number of carbonyl (C=O) groups is 3. The number of anilines is 2. The molecule has 36 heavy (non-hydrogen) atoms. The van der Waals surface area contributed by atoms with Crippen LogP contribution in [0.5, 0.6) is 5.75 Å². The molecular weight excluding hydrogens is 468 g/mol. The van der Waals surface area contributed by atoms with Crippen LogP contribution in [-0.4, -0.2) is 96.7 Å². The molecule has 0 heterocycles. The van der Waals surface area contributed by atoms with Crippen molar-refractivity contribution in [1.29, 1.82) is 0 Å². The van der Waals surface area contributed by atoms with Crippen LogP contribution < -0.4 is 15.5 Å². The van der Waals surface area contributed by atoms with Crippen LogP contribution >= 0.6 is 0 Å². The van der Waals surface area contributed by atoms with E-state index in [1.165, 1.54) is 4.90 Å². The first-order chi connectivity index (χ1) is 16.7. The summed E-state index contributed by atoms with van der Waals surface area (Å²) in [5, 5.41) is 44.9. The Bertz CT molecular complexity index is 1260. The predicted molar refractivity (Wildman–Crippen MR) is 132 cm³/mol. The van der Waals surface area contributed by atoms with E-state index >= 15 is 0 Å². The molecule has 0 bridgehead atoms. The lowest BCUT2D eigenvalue weighted by Crippen LogP contribution is -2.63. The van der Waals surface area contributed by atoms with Crippen LogP contribution in [0.1, 0.15) is 22.3 Å². The number of fused-ring (bicyclic) bond motifs is 3.